The number of rotatable bonds is 5. The molecule has 2 aromatic heterocycles. The first kappa shape index (κ1) is 38.4. The van der Waals surface area contributed by atoms with Gasteiger partial charge in [0.25, 0.3) is 0 Å². The van der Waals surface area contributed by atoms with Gasteiger partial charge < -0.3 is 4.42 Å². The molecule has 5 heteroatoms. The van der Waals surface area contributed by atoms with Crippen LogP contribution in [-0.2, 0) is 25.5 Å². The summed E-state index contributed by atoms with van der Waals surface area (Å²) >= 11 is -1.72. The van der Waals surface area contributed by atoms with Crippen LogP contribution in [0, 0.1) is 12.1 Å². The molecular formula is C50H44GeIrN2O-2. The Kier molecular flexibility index (Phi) is 11.0. The molecule has 1 aliphatic rings. The summed E-state index contributed by atoms with van der Waals surface area (Å²) in [5.74, 6) is 7.10. The Morgan fingerprint density at radius 2 is 1.42 bits per heavy atom. The van der Waals surface area contributed by atoms with Gasteiger partial charge in [-0.25, -0.2) is 0 Å². The fraction of sp³-hybridized carbons (Fsp3) is 0.160. The predicted octanol–water partition coefficient (Wildman–Crippen LogP) is 12.7. The van der Waals surface area contributed by atoms with E-state index >= 15 is 0 Å². The topological polar surface area (TPSA) is 38.4 Å². The van der Waals surface area contributed by atoms with Gasteiger partial charge in [0.1, 0.15) is 5.58 Å². The zero-order valence-corrected chi connectivity index (χ0v) is 36.6. The smallest absolute Gasteiger partial charge is 0 e. The Morgan fingerprint density at radius 3 is 2.15 bits per heavy atom. The number of aromatic nitrogens is 1. The minimum atomic E-state index is -1.72. The second-order valence-corrected chi connectivity index (χ2v) is 26.7. The van der Waals surface area contributed by atoms with Gasteiger partial charge in [0.15, 0.2) is 0 Å². The third kappa shape index (κ3) is 7.82. The maximum absolute atomic E-state index is 6.45. The number of aliphatic imine (C=N–C) groups is 1. The van der Waals surface area contributed by atoms with Gasteiger partial charge in [-0.05, 0) is 51.1 Å². The first-order valence-electron chi connectivity index (χ1n) is 18.7. The van der Waals surface area contributed by atoms with Gasteiger partial charge in [0, 0.05) is 31.4 Å². The first-order valence-corrected chi connectivity index (χ1v) is 26.0. The Hall–Kier alpha value is -4.87. The van der Waals surface area contributed by atoms with Crippen LogP contribution in [-0.4, -0.2) is 24.0 Å². The minimum absolute atomic E-state index is 0. The van der Waals surface area contributed by atoms with Crippen molar-refractivity contribution in [1.82, 2.24) is 4.98 Å². The maximum atomic E-state index is 6.45. The average molecular weight is 954 g/mol. The van der Waals surface area contributed by atoms with Gasteiger partial charge in [0.05, 0.1) is 11.3 Å². The molecule has 1 unspecified atom stereocenters. The number of hydrogen-bond acceptors (Lipinski definition) is 3. The maximum Gasteiger partial charge on any atom is 0 e. The molecule has 9 rings (SSSR count). The van der Waals surface area contributed by atoms with Gasteiger partial charge in [-0.1, -0.05) is 117 Å². The van der Waals surface area contributed by atoms with Crippen LogP contribution in [0.25, 0.3) is 44.3 Å². The van der Waals surface area contributed by atoms with Crippen molar-refractivity contribution in [2.24, 2.45) is 4.99 Å². The van der Waals surface area contributed by atoms with E-state index < -0.39 is 13.3 Å². The molecule has 8 aromatic rings. The average Bonchev–Trinajstić information content (AvgIpc) is 3.77. The molecule has 0 spiro atoms. The minimum Gasteiger partial charge on any atom is 0 e. The van der Waals surface area contributed by atoms with Crippen molar-refractivity contribution in [3.63, 3.8) is 0 Å². The first-order chi connectivity index (χ1) is 26.1. The van der Waals surface area contributed by atoms with Crippen molar-refractivity contribution in [1.29, 1.82) is 0 Å². The Morgan fingerprint density at radius 1 is 0.673 bits per heavy atom. The van der Waals surface area contributed by atoms with E-state index in [9.17, 15) is 0 Å². The van der Waals surface area contributed by atoms with Crippen molar-refractivity contribution >= 4 is 51.0 Å². The Balaban J connectivity index is 0.000000231. The molecule has 6 aromatic carbocycles. The number of para-hydroxylation sites is 2. The summed E-state index contributed by atoms with van der Waals surface area (Å²) < 4.78 is 7.89. The molecule has 3 heterocycles. The zero-order valence-electron chi connectivity index (χ0n) is 32.1. The fourth-order valence-electron chi connectivity index (χ4n) is 7.26. The molecule has 1 radical (unpaired) electrons. The number of pyridine rings is 1. The SMILES string of the molecule is CC(C)(C)c1ccc(C2C(c3[c-]ccc4c3oc3ccccc34)=Nc3ccccc32)c(-c2ccccc2)c1.[CH3][Ge]([CH3])([CH3])[c]1ccc(-c2[c-]cccc2)nc1.[Ir]. The number of fused-ring (bicyclic) bond motifs is 4. The summed E-state index contributed by atoms with van der Waals surface area (Å²) in [6.45, 7) is 6.81. The normalized spacial score (nSPS) is 13.8. The molecule has 0 fully saturated rings. The van der Waals surface area contributed by atoms with Crippen molar-refractivity contribution in [3.05, 3.63) is 186 Å². The van der Waals surface area contributed by atoms with Crippen molar-refractivity contribution in [2.75, 3.05) is 0 Å². The van der Waals surface area contributed by atoms with Gasteiger partial charge in [-0.2, -0.15) is 0 Å². The fourth-order valence-corrected chi connectivity index (χ4v) is 9.43. The molecule has 0 N–H and O–H groups in total. The number of furan rings is 1. The Bertz CT molecular complexity index is 2610. The van der Waals surface area contributed by atoms with E-state index in [0.29, 0.717) is 0 Å². The van der Waals surface area contributed by atoms with Crippen LogP contribution in [0.15, 0.2) is 161 Å². The summed E-state index contributed by atoms with van der Waals surface area (Å²) in [7, 11) is 0. The second kappa shape index (κ2) is 15.7. The van der Waals surface area contributed by atoms with Crippen LogP contribution < -0.4 is 4.40 Å². The quantitative estimate of drug-likeness (QED) is 0.127. The molecule has 0 saturated carbocycles. The molecule has 0 bridgehead atoms. The van der Waals surface area contributed by atoms with Crippen LogP contribution in [0.5, 0.6) is 0 Å². The van der Waals surface area contributed by atoms with E-state index in [0.717, 1.165) is 50.2 Å². The number of nitrogens with zero attached hydrogens (tertiary/aromatic N) is 2. The standard InChI is InChI=1S/C36H28NO.C14H16GeN.Ir/c1-36(2,3)24-20-21-26(30(22-24)23-12-5-4-6-13-23)33-28-15-7-9-18-31(28)37-34(33)29-17-11-16-27-25-14-8-10-19-32(25)38-35(27)29;1-15(2,3)13-9-10-14(16-11-13)12-7-5-4-6-8-12;/h4-16,18-22,33H,1-3H3;4-7,9-11H,1-3H3;/q2*-1;. The molecule has 0 saturated heterocycles. The van der Waals surface area contributed by atoms with Gasteiger partial charge >= 0.3 is 99.8 Å². The monoisotopic (exact) mass is 955 g/mol. The van der Waals surface area contributed by atoms with E-state index in [1.54, 1.807) is 0 Å². The third-order valence-corrected chi connectivity index (χ3v) is 14.5. The zero-order chi connectivity index (χ0) is 37.5. The van der Waals surface area contributed by atoms with E-state index in [1.165, 1.54) is 32.2 Å². The number of hydrogen-bond donors (Lipinski definition) is 0. The number of benzene rings is 6. The van der Waals surface area contributed by atoms with Crippen LogP contribution >= 0.6 is 0 Å². The summed E-state index contributed by atoms with van der Waals surface area (Å²) in [5.41, 5.74) is 13.0. The van der Waals surface area contributed by atoms with E-state index in [-0.39, 0.29) is 31.4 Å². The van der Waals surface area contributed by atoms with Gasteiger partial charge in [-0.3, -0.25) is 4.99 Å². The van der Waals surface area contributed by atoms with E-state index in [1.807, 2.05) is 48.7 Å². The van der Waals surface area contributed by atoms with Crippen molar-refractivity contribution < 1.29 is 24.5 Å². The van der Waals surface area contributed by atoms with Crippen LogP contribution in [0.1, 0.15) is 48.9 Å². The third-order valence-electron chi connectivity index (χ3n) is 10.3. The van der Waals surface area contributed by atoms with Crippen LogP contribution in [0.3, 0.4) is 0 Å². The molecule has 275 valence electrons. The van der Waals surface area contributed by atoms with Crippen molar-refractivity contribution in [3.8, 4) is 22.4 Å². The molecular weight excluding hydrogens is 909 g/mol. The summed E-state index contributed by atoms with van der Waals surface area (Å²) in [4.78, 5) is 9.76. The summed E-state index contributed by atoms with van der Waals surface area (Å²) in [6, 6.07) is 57.5. The van der Waals surface area contributed by atoms with E-state index in [4.69, 9.17) is 9.41 Å². The molecule has 0 amide bonds. The van der Waals surface area contributed by atoms with E-state index in [2.05, 4.69) is 158 Å². The predicted molar refractivity (Wildman–Crippen MR) is 229 cm³/mol. The molecule has 1 atom stereocenters. The van der Waals surface area contributed by atoms with Crippen LogP contribution in [0.4, 0.5) is 5.69 Å². The van der Waals surface area contributed by atoms with Gasteiger partial charge in [0.2, 0.25) is 0 Å². The summed E-state index contributed by atoms with van der Waals surface area (Å²) in [6.07, 6.45) is 2.04. The molecule has 3 nitrogen and oxygen atoms in total. The van der Waals surface area contributed by atoms with Crippen molar-refractivity contribution in [2.45, 2.75) is 49.4 Å². The largest absolute Gasteiger partial charge is 0 e. The van der Waals surface area contributed by atoms with Crippen LogP contribution in [0.2, 0.25) is 17.3 Å². The second-order valence-electron chi connectivity index (χ2n) is 16.1. The Labute approximate surface area is 341 Å². The summed E-state index contributed by atoms with van der Waals surface area (Å²) in [5, 5.41) is 2.21. The molecule has 1 aliphatic heterocycles. The van der Waals surface area contributed by atoms with Gasteiger partial charge in [-0.15, -0.1) is 18.2 Å². The molecule has 0 aliphatic carbocycles. The molecule has 55 heavy (non-hydrogen) atoms.